The molecule has 0 bridgehead atoms. The lowest BCUT2D eigenvalue weighted by Gasteiger charge is -1.99. The van der Waals surface area contributed by atoms with Gasteiger partial charge in [-0.3, -0.25) is 4.79 Å². The number of hydrogen-bond acceptors (Lipinski definition) is 2. The number of rotatable bonds is 2. The van der Waals surface area contributed by atoms with Crippen molar-refractivity contribution >= 4 is 5.97 Å². The van der Waals surface area contributed by atoms with Crippen LogP contribution in [-0.2, 0) is 9.53 Å². The van der Waals surface area contributed by atoms with Crippen LogP contribution in [0.3, 0.4) is 0 Å². The molecule has 0 N–H and O–H groups in total. The Morgan fingerprint density at radius 3 is 3.33 bits per heavy atom. The minimum absolute atomic E-state index is 0.303. The first-order valence-electron chi connectivity index (χ1n) is 4.28. The van der Waals surface area contributed by atoms with E-state index in [1.165, 1.54) is 0 Å². The van der Waals surface area contributed by atoms with Gasteiger partial charge in [-0.1, -0.05) is 13.3 Å². The molecule has 2 atom stereocenters. The number of ether oxygens (including phenoxy) is 1. The van der Waals surface area contributed by atoms with Gasteiger partial charge in [-0.25, -0.2) is 0 Å². The van der Waals surface area contributed by atoms with Crippen molar-refractivity contribution in [3.63, 3.8) is 0 Å². The van der Waals surface area contributed by atoms with Crippen LogP contribution < -0.4 is 0 Å². The first-order chi connectivity index (χ1) is 5.11. The number of cyclic esters (lactones) is 1. The van der Waals surface area contributed by atoms with Crippen molar-refractivity contribution in [3.05, 3.63) is 0 Å². The molecule has 1 aliphatic rings. The zero-order valence-electron chi connectivity index (χ0n) is 7.52. The summed E-state index contributed by atoms with van der Waals surface area (Å²) >= 11 is 0. The van der Waals surface area contributed by atoms with Gasteiger partial charge in [-0.05, 0) is 12.8 Å². The Labute approximate surface area is 58.0 Å². The van der Waals surface area contributed by atoms with Crippen LogP contribution in [0.15, 0.2) is 0 Å². The third kappa shape index (κ3) is 1.44. The largest absolute Gasteiger partial charge is 0.465 e. The van der Waals surface area contributed by atoms with Gasteiger partial charge in [0.25, 0.3) is 0 Å². The van der Waals surface area contributed by atoms with Crippen molar-refractivity contribution in [1.29, 1.82) is 0 Å². The van der Waals surface area contributed by atoms with Crippen molar-refractivity contribution in [3.8, 4) is 0 Å². The fourth-order valence-electron chi connectivity index (χ4n) is 0.880. The predicted octanol–water partition coefficient (Wildman–Crippen LogP) is 1.35. The summed E-state index contributed by atoms with van der Waals surface area (Å²) in [5.74, 6) is -1.81. The smallest absolute Gasteiger partial charge is 0.309 e. The summed E-state index contributed by atoms with van der Waals surface area (Å²) in [5, 5.41) is 0. The third-order valence-electron chi connectivity index (χ3n) is 1.32. The first-order valence-corrected chi connectivity index (χ1v) is 3.20. The maximum absolute atomic E-state index is 11.0. The summed E-state index contributed by atoms with van der Waals surface area (Å²) in [5.41, 5.74) is 0. The average molecular weight is 130 g/mol. The molecule has 0 aliphatic carbocycles. The fraction of sp³-hybridized carbons (Fsp3) is 0.857. The molecule has 1 unspecified atom stereocenters. The molecule has 0 radical (unpaired) electrons. The molecule has 0 aromatic carbocycles. The van der Waals surface area contributed by atoms with E-state index in [1.54, 1.807) is 6.92 Å². The molecule has 9 heavy (non-hydrogen) atoms. The van der Waals surface area contributed by atoms with E-state index in [2.05, 4.69) is 4.74 Å². The van der Waals surface area contributed by atoms with Gasteiger partial charge in [0, 0.05) is 2.74 Å². The maximum Gasteiger partial charge on any atom is 0.309 e. The van der Waals surface area contributed by atoms with E-state index in [9.17, 15) is 4.79 Å². The second kappa shape index (κ2) is 2.85. The number of esters is 1. The lowest BCUT2D eigenvalue weighted by atomic mass is 10.0. The summed E-state index contributed by atoms with van der Waals surface area (Å²) in [6.45, 7) is 2.11. The summed E-state index contributed by atoms with van der Waals surface area (Å²) < 4.78 is 19.7. The number of carbonyl (C=O) groups excluding carboxylic acids is 1. The van der Waals surface area contributed by atoms with Crippen molar-refractivity contribution in [2.45, 2.75) is 26.2 Å². The molecular formula is C7H12O2. The van der Waals surface area contributed by atoms with Gasteiger partial charge < -0.3 is 4.74 Å². The highest BCUT2D eigenvalue weighted by atomic mass is 16.5. The predicted molar refractivity (Wildman–Crippen MR) is 34.0 cm³/mol. The quantitative estimate of drug-likeness (QED) is 0.527. The van der Waals surface area contributed by atoms with Gasteiger partial charge in [0.2, 0.25) is 0 Å². The molecule has 52 valence electrons. The van der Waals surface area contributed by atoms with Gasteiger partial charge >= 0.3 is 5.97 Å². The monoisotopic (exact) mass is 130 g/mol. The van der Waals surface area contributed by atoms with Gasteiger partial charge in [-0.15, -0.1) is 0 Å². The molecule has 0 saturated carbocycles. The van der Waals surface area contributed by atoms with E-state index in [-0.39, 0.29) is 0 Å². The molecule has 1 rings (SSSR count). The first kappa shape index (κ1) is 4.31. The Hall–Kier alpha value is -0.530. The second-order valence-corrected chi connectivity index (χ2v) is 2.02. The van der Waals surface area contributed by atoms with E-state index < -0.39 is 18.3 Å². The van der Waals surface area contributed by atoms with Crippen LogP contribution in [0.25, 0.3) is 0 Å². The summed E-state index contributed by atoms with van der Waals surface area (Å²) in [6.07, 6.45) is 0.254. The second-order valence-electron chi connectivity index (χ2n) is 2.02. The average Bonchev–Trinajstić information content (AvgIpc) is 2.32. The Kier molecular flexibility index (Phi) is 1.37. The SMILES string of the molecule is [2H]C(CC)[C@]1([2H])CCOC1=O. The standard InChI is InChI=1S/C7H12O2/c1-2-3-6-4-5-9-7(6)8/h6H,2-5H2,1H3/t6-/m1/s1/i3D,6D/t3?,6-. The zero-order chi connectivity index (χ0) is 8.48. The van der Waals surface area contributed by atoms with Gasteiger partial charge in [0.15, 0.2) is 0 Å². The molecule has 1 fully saturated rings. The Bertz CT molecular complexity index is 172. The molecule has 0 spiro atoms. The van der Waals surface area contributed by atoms with E-state index in [0.29, 0.717) is 19.4 Å². The number of carbonyl (C=O) groups is 1. The van der Waals surface area contributed by atoms with Crippen LogP contribution >= 0.6 is 0 Å². The molecule has 0 amide bonds. The van der Waals surface area contributed by atoms with Crippen LogP contribution in [0, 0.1) is 5.89 Å². The molecule has 0 aromatic rings. The summed E-state index contributed by atoms with van der Waals surface area (Å²) in [6, 6.07) is 0. The Morgan fingerprint density at radius 1 is 2.11 bits per heavy atom. The highest BCUT2D eigenvalue weighted by Gasteiger charge is 2.24. The maximum atomic E-state index is 11.0. The van der Waals surface area contributed by atoms with Crippen molar-refractivity contribution in [1.82, 2.24) is 0 Å². The lowest BCUT2D eigenvalue weighted by Crippen LogP contribution is -2.06. The van der Waals surface area contributed by atoms with Gasteiger partial charge in [-0.2, -0.15) is 0 Å². The van der Waals surface area contributed by atoms with Gasteiger partial charge in [0.1, 0.15) is 0 Å². The van der Waals surface area contributed by atoms with E-state index in [0.717, 1.165) is 0 Å². The van der Waals surface area contributed by atoms with Crippen LogP contribution in [-0.4, -0.2) is 12.6 Å². The minimum Gasteiger partial charge on any atom is -0.465 e. The lowest BCUT2D eigenvalue weighted by molar-refractivity contribution is -0.141. The molecular weight excluding hydrogens is 116 g/mol. The normalized spacial score (nSPS) is 41.2. The third-order valence-corrected chi connectivity index (χ3v) is 1.32. The fourth-order valence-corrected chi connectivity index (χ4v) is 0.880. The molecule has 1 heterocycles. The van der Waals surface area contributed by atoms with Crippen LogP contribution in [0.5, 0.6) is 0 Å². The van der Waals surface area contributed by atoms with Crippen molar-refractivity contribution in [2.75, 3.05) is 6.61 Å². The molecule has 1 aliphatic heterocycles. The molecule has 2 heteroatoms. The van der Waals surface area contributed by atoms with E-state index in [1.807, 2.05) is 0 Å². The molecule has 1 saturated heterocycles. The van der Waals surface area contributed by atoms with Crippen LogP contribution in [0.1, 0.15) is 28.9 Å². The van der Waals surface area contributed by atoms with Crippen molar-refractivity contribution < 1.29 is 12.3 Å². The van der Waals surface area contributed by atoms with E-state index >= 15 is 0 Å². The van der Waals surface area contributed by atoms with Crippen LogP contribution in [0.2, 0.25) is 0 Å². The molecule has 2 nitrogen and oxygen atoms in total. The summed E-state index contributed by atoms with van der Waals surface area (Å²) in [4.78, 5) is 11.0. The van der Waals surface area contributed by atoms with Gasteiger partial charge in [0.05, 0.1) is 12.5 Å². The highest BCUT2D eigenvalue weighted by Crippen LogP contribution is 2.18. The Balaban J connectivity index is 2.72. The Morgan fingerprint density at radius 2 is 2.89 bits per heavy atom. The number of hydrogen-bond donors (Lipinski definition) is 0. The summed E-state index contributed by atoms with van der Waals surface area (Å²) in [7, 11) is 0. The topological polar surface area (TPSA) is 26.3 Å². The highest BCUT2D eigenvalue weighted by molar-refractivity contribution is 5.73. The molecule has 0 aromatic heterocycles. The van der Waals surface area contributed by atoms with Crippen molar-refractivity contribution in [2.24, 2.45) is 5.89 Å². The van der Waals surface area contributed by atoms with E-state index in [4.69, 9.17) is 2.74 Å². The zero-order valence-corrected chi connectivity index (χ0v) is 5.52. The minimum atomic E-state index is -1.28. The van der Waals surface area contributed by atoms with Crippen LogP contribution in [0.4, 0.5) is 0 Å².